The third-order valence-electron chi connectivity index (χ3n) is 3.83. The van der Waals surface area contributed by atoms with Gasteiger partial charge < -0.3 is 10.2 Å². The monoisotopic (exact) mass is 276 g/mol. The van der Waals surface area contributed by atoms with Crippen LogP contribution in [0.15, 0.2) is 30.3 Å². The van der Waals surface area contributed by atoms with Crippen molar-refractivity contribution in [3.8, 4) is 0 Å². The zero-order valence-electron chi connectivity index (χ0n) is 13.9. The molecule has 0 saturated carbocycles. The number of rotatable bonds is 9. The van der Waals surface area contributed by atoms with Gasteiger partial charge in [0.2, 0.25) is 0 Å². The molecule has 2 unspecified atom stereocenters. The molecule has 1 aromatic rings. The van der Waals surface area contributed by atoms with Gasteiger partial charge in [0.25, 0.3) is 0 Å². The quantitative estimate of drug-likeness (QED) is 0.730. The Morgan fingerprint density at radius 1 is 1.10 bits per heavy atom. The van der Waals surface area contributed by atoms with Gasteiger partial charge in [0, 0.05) is 18.6 Å². The summed E-state index contributed by atoms with van der Waals surface area (Å²) in [5.74, 6) is 0.644. The standard InChI is InChI=1S/C18H32N2/c1-6-7-13-17(16-11-9-8-10-12-16)19-18(15(2)3)14-20(4)5/h8-12,15,17-19H,6-7,13-14H2,1-5H3. The Hall–Kier alpha value is -0.860. The molecule has 0 amide bonds. The number of hydrogen-bond acceptors (Lipinski definition) is 2. The maximum atomic E-state index is 3.89. The Morgan fingerprint density at radius 3 is 2.25 bits per heavy atom. The van der Waals surface area contributed by atoms with Crippen LogP contribution in [0, 0.1) is 5.92 Å². The highest BCUT2D eigenvalue weighted by molar-refractivity contribution is 5.19. The van der Waals surface area contributed by atoms with Crippen LogP contribution in [-0.4, -0.2) is 31.6 Å². The lowest BCUT2D eigenvalue weighted by molar-refractivity contribution is 0.263. The molecule has 0 radical (unpaired) electrons. The van der Waals surface area contributed by atoms with Crippen molar-refractivity contribution in [3.63, 3.8) is 0 Å². The minimum Gasteiger partial charge on any atom is -0.308 e. The summed E-state index contributed by atoms with van der Waals surface area (Å²) in [6.45, 7) is 7.97. The summed E-state index contributed by atoms with van der Waals surface area (Å²) in [6.07, 6.45) is 3.75. The maximum Gasteiger partial charge on any atom is 0.0323 e. The topological polar surface area (TPSA) is 15.3 Å². The van der Waals surface area contributed by atoms with Crippen molar-refractivity contribution in [3.05, 3.63) is 35.9 Å². The van der Waals surface area contributed by atoms with E-state index in [-0.39, 0.29) is 0 Å². The van der Waals surface area contributed by atoms with Gasteiger partial charge >= 0.3 is 0 Å². The molecule has 0 aliphatic heterocycles. The van der Waals surface area contributed by atoms with E-state index in [1.165, 1.54) is 24.8 Å². The summed E-state index contributed by atoms with van der Waals surface area (Å²) in [5, 5.41) is 3.89. The number of likely N-dealkylation sites (N-methyl/N-ethyl adjacent to an activating group) is 1. The number of nitrogens with zero attached hydrogens (tertiary/aromatic N) is 1. The van der Waals surface area contributed by atoms with E-state index in [2.05, 4.69) is 75.4 Å². The van der Waals surface area contributed by atoms with Crippen molar-refractivity contribution in [2.24, 2.45) is 5.92 Å². The van der Waals surface area contributed by atoms with E-state index in [0.29, 0.717) is 18.0 Å². The van der Waals surface area contributed by atoms with E-state index in [1.54, 1.807) is 0 Å². The first kappa shape index (κ1) is 17.2. The SMILES string of the molecule is CCCCC(NC(CN(C)C)C(C)C)c1ccccc1. The molecule has 1 aromatic carbocycles. The largest absolute Gasteiger partial charge is 0.308 e. The molecule has 0 aliphatic rings. The molecule has 0 aliphatic carbocycles. The van der Waals surface area contributed by atoms with Gasteiger partial charge in [-0.05, 0) is 32.0 Å². The zero-order chi connectivity index (χ0) is 15.0. The molecule has 2 nitrogen and oxygen atoms in total. The van der Waals surface area contributed by atoms with Crippen LogP contribution in [0.25, 0.3) is 0 Å². The van der Waals surface area contributed by atoms with Gasteiger partial charge in [-0.25, -0.2) is 0 Å². The molecule has 0 fully saturated rings. The second-order valence-corrected chi connectivity index (χ2v) is 6.38. The van der Waals surface area contributed by atoms with Crippen LogP contribution in [0.5, 0.6) is 0 Å². The predicted octanol–water partition coefficient (Wildman–Crippen LogP) is 4.09. The molecule has 0 bridgehead atoms. The van der Waals surface area contributed by atoms with E-state index in [1.807, 2.05) is 0 Å². The molecule has 1 N–H and O–H groups in total. The third kappa shape index (κ3) is 6.06. The summed E-state index contributed by atoms with van der Waals surface area (Å²) >= 11 is 0. The van der Waals surface area contributed by atoms with Gasteiger partial charge in [0.1, 0.15) is 0 Å². The van der Waals surface area contributed by atoms with E-state index in [0.717, 1.165) is 6.54 Å². The second kappa shape index (κ2) is 9.15. The summed E-state index contributed by atoms with van der Waals surface area (Å²) in [5.41, 5.74) is 1.42. The van der Waals surface area contributed by atoms with Gasteiger partial charge in [-0.2, -0.15) is 0 Å². The van der Waals surface area contributed by atoms with Crippen LogP contribution in [0.1, 0.15) is 51.6 Å². The number of benzene rings is 1. The Morgan fingerprint density at radius 2 is 1.75 bits per heavy atom. The van der Waals surface area contributed by atoms with Crippen LogP contribution in [-0.2, 0) is 0 Å². The minimum absolute atomic E-state index is 0.475. The lowest BCUT2D eigenvalue weighted by Crippen LogP contribution is -2.43. The molecule has 1 rings (SSSR count). The first-order chi connectivity index (χ1) is 9.54. The van der Waals surface area contributed by atoms with Crippen LogP contribution in [0.3, 0.4) is 0 Å². The maximum absolute atomic E-state index is 3.89. The third-order valence-corrected chi connectivity index (χ3v) is 3.83. The Kier molecular flexibility index (Phi) is 7.86. The Labute approximate surface area is 125 Å². The van der Waals surface area contributed by atoms with Crippen LogP contribution < -0.4 is 5.32 Å². The fourth-order valence-electron chi connectivity index (χ4n) is 2.55. The summed E-state index contributed by atoms with van der Waals surface area (Å²) in [7, 11) is 4.31. The number of unbranched alkanes of at least 4 members (excludes halogenated alkanes) is 1. The van der Waals surface area contributed by atoms with Crippen molar-refractivity contribution in [2.75, 3.05) is 20.6 Å². The van der Waals surface area contributed by atoms with E-state index in [4.69, 9.17) is 0 Å². The normalized spacial score (nSPS) is 14.8. The first-order valence-corrected chi connectivity index (χ1v) is 8.00. The molecule has 114 valence electrons. The van der Waals surface area contributed by atoms with Crippen molar-refractivity contribution in [1.29, 1.82) is 0 Å². The molecular weight excluding hydrogens is 244 g/mol. The fourth-order valence-corrected chi connectivity index (χ4v) is 2.55. The zero-order valence-corrected chi connectivity index (χ0v) is 13.9. The highest BCUT2D eigenvalue weighted by Gasteiger charge is 2.19. The van der Waals surface area contributed by atoms with Gasteiger partial charge in [0.05, 0.1) is 0 Å². The van der Waals surface area contributed by atoms with Crippen molar-refractivity contribution < 1.29 is 0 Å². The van der Waals surface area contributed by atoms with Gasteiger partial charge in [0.15, 0.2) is 0 Å². The lowest BCUT2D eigenvalue weighted by Gasteiger charge is -2.31. The predicted molar refractivity (Wildman–Crippen MR) is 89.0 cm³/mol. The van der Waals surface area contributed by atoms with Gasteiger partial charge in [-0.3, -0.25) is 0 Å². The average Bonchev–Trinajstić information content (AvgIpc) is 2.42. The molecule has 20 heavy (non-hydrogen) atoms. The molecule has 2 heteroatoms. The summed E-state index contributed by atoms with van der Waals surface area (Å²) < 4.78 is 0. The van der Waals surface area contributed by atoms with Gasteiger partial charge in [-0.15, -0.1) is 0 Å². The van der Waals surface area contributed by atoms with Crippen LogP contribution in [0.2, 0.25) is 0 Å². The average molecular weight is 276 g/mol. The van der Waals surface area contributed by atoms with Gasteiger partial charge in [-0.1, -0.05) is 63.9 Å². The Bertz CT molecular complexity index is 346. The highest BCUT2D eigenvalue weighted by Crippen LogP contribution is 2.21. The van der Waals surface area contributed by atoms with Crippen molar-refractivity contribution >= 4 is 0 Å². The molecule has 0 spiro atoms. The second-order valence-electron chi connectivity index (χ2n) is 6.38. The molecular formula is C18H32N2. The van der Waals surface area contributed by atoms with Crippen LogP contribution in [0.4, 0.5) is 0 Å². The number of hydrogen-bond donors (Lipinski definition) is 1. The van der Waals surface area contributed by atoms with E-state index in [9.17, 15) is 0 Å². The molecule has 0 aromatic heterocycles. The van der Waals surface area contributed by atoms with Crippen molar-refractivity contribution in [2.45, 2.75) is 52.1 Å². The molecule has 0 heterocycles. The molecule has 2 atom stereocenters. The smallest absolute Gasteiger partial charge is 0.0323 e. The fraction of sp³-hybridized carbons (Fsp3) is 0.667. The summed E-state index contributed by atoms with van der Waals surface area (Å²) in [6, 6.07) is 11.9. The summed E-state index contributed by atoms with van der Waals surface area (Å²) in [4.78, 5) is 2.28. The highest BCUT2D eigenvalue weighted by atomic mass is 15.1. The molecule has 0 saturated heterocycles. The van der Waals surface area contributed by atoms with Crippen molar-refractivity contribution in [1.82, 2.24) is 10.2 Å². The number of nitrogens with one attached hydrogen (secondary N) is 1. The van der Waals surface area contributed by atoms with Crippen LogP contribution >= 0.6 is 0 Å². The van der Waals surface area contributed by atoms with E-state index >= 15 is 0 Å². The minimum atomic E-state index is 0.475. The Balaban J connectivity index is 2.76. The first-order valence-electron chi connectivity index (χ1n) is 8.00. The van der Waals surface area contributed by atoms with E-state index < -0.39 is 0 Å². The lowest BCUT2D eigenvalue weighted by atomic mass is 9.97.